The summed E-state index contributed by atoms with van der Waals surface area (Å²) in [5.41, 5.74) is 0.845. The molecule has 2 amide bonds. The molecule has 2 aliphatic rings. The first-order valence-corrected chi connectivity index (χ1v) is 10.8. The van der Waals surface area contributed by atoms with E-state index in [0.717, 1.165) is 10.6 Å². The molecule has 0 N–H and O–H groups in total. The number of rotatable bonds is 5. The number of hydrogen-bond donors (Lipinski definition) is 0. The largest absolute Gasteiger partial charge is 0.464 e. The highest BCUT2D eigenvalue weighted by Gasteiger charge is 2.44. The Kier molecular flexibility index (Phi) is 5.98. The molecule has 0 bridgehead atoms. The van der Waals surface area contributed by atoms with Crippen molar-refractivity contribution in [3.05, 3.63) is 41.4 Å². The summed E-state index contributed by atoms with van der Waals surface area (Å²) in [4.78, 5) is 46.5. The van der Waals surface area contributed by atoms with Crippen molar-refractivity contribution >= 4 is 29.3 Å². The van der Waals surface area contributed by atoms with Gasteiger partial charge < -0.3 is 14.4 Å². The number of pyridine rings is 1. The number of aromatic nitrogens is 1. The number of cyclic esters (lactones) is 1. The SMILES string of the molecule is CCOC(=O)C1COC(=O)N1C1CCN(C(=O)c2ccc(-c3ccccn3)s2)CC1. The number of esters is 1. The Morgan fingerprint density at radius 2 is 2.03 bits per heavy atom. The second-order valence-electron chi connectivity index (χ2n) is 7.15. The Hall–Kier alpha value is -2.94. The third-order valence-corrected chi connectivity index (χ3v) is 6.44. The van der Waals surface area contributed by atoms with Crippen molar-refractivity contribution in [3.63, 3.8) is 0 Å². The molecule has 0 spiro atoms. The molecule has 1 unspecified atom stereocenters. The Morgan fingerprint density at radius 1 is 1.23 bits per heavy atom. The van der Waals surface area contributed by atoms with Crippen LogP contribution in [0.3, 0.4) is 0 Å². The van der Waals surface area contributed by atoms with Crippen molar-refractivity contribution in [2.75, 3.05) is 26.3 Å². The van der Waals surface area contributed by atoms with Gasteiger partial charge >= 0.3 is 12.1 Å². The fraction of sp³-hybridized carbons (Fsp3) is 0.429. The summed E-state index contributed by atoms with van der Waals surface area (Å²) < 4.78 is 10.2. The molecule has 2 saturated heterocycles. The van der Waals surface area contributed by atoms with Gasteiger partial charge in [0.2, 0.25) is 0 Å². The van der Waals surface area contributed by atoms with Crippen LogP contribution in [0.15, 0.2) is 36.5 Å². The molecule has 2 aromatic heterocycles. The van der Waals surface area contributed by atoms with Crippen LogP contribution in [0.2, 0.25) is 0 Å². The van der Waals surface area contributed by atoms with Gasteiger partial charge in [0.15, 0.2) is 6.04 Å². The summed E-state index contributed by atoms with van der Waals surface area (Å²) in [6.07, 6.45) is 2.43. The second kappa shape index (κ2) is 8.83. The number of ether oxygens (including phenoxy) is 2. The highest BCUT2D eigenvalue weighted by atomic mass is 32.1. The minimum Gasteiger partial charge on any atom is -0.464 e. The topological polar surface area (TPSA) is 89.0 Å². The molecule has 158 valence electrons. The minimum absolute atomic E-state index is 0.0162. The fourth-order valence-corrected chi connectivity index (χ4v) is 4.81. The van der Waals surface area contributed by atoms with Gasteiger partial charge in [-0.1, -0.05) is 6.07 Å². The number of likely N-dealkylation sites (tertiary alicyclic amines) is 1. The lowest BCUT2D eigenvalue weighted by atomic mass is 10.0. The Labute approximate surface area is 178 Å². The van der Waals surface area contributed by atoms with Crippen molar-refractivity contribution in [1.29, 1.82) is 0 Å². The van der Waals surface area contributed by atoms with Crippen LogP contribution in [0.4, 0.5) is 4.79 Å². The number of amides is 2. The zero-order chi connectivity index (χ0) is 21.1. The summed E-state index contributed by atoms with van der Waals surface area (Å²) in [6.45, 7) is 3.03. The molecule has 1 atom stereocenters. The highest BCUT2D eigenvalue weighted by Crippen LogP contribution is 2.29. The highest BCUT2D eigenvalue weighted by molar-refractivity contribution is 7.17. The van der Waals surface area contributed by atoms with Gasteiger partial charge in [-0.3, -0.25) is 14.7 Å². The van der Waals surface area contributed by atoms with Gasteiger partial charge in [0.05, 0.1) is 22.1 Å². The minimum atomic E-state index is -0.706. The number of carbonyl (C=O) groups excluding carboxylic acids is 3. The van der Waals surface area contributed by atoms with Crippen LogP contribution in [-0.2, 0) is 14.3 Å². The molecule has 30 heavy (non-hydrogen) atoms. The lowest BCUT2D eigenvalue weighted by Gasteiger charge is -2.37. The van der Waals surface area contributed by atoms with E-state index in [1.165, 1.54) is 16.2 Å². The zero-order valence-electron chi connectivity index (χ0n) is 16.7. The van der Waals surface area contributed by atoms with Crippen molar-refractivity contribution in [3.8, 4) is 10.6 Å². The molecule has 2 aromatic rings. The summed E-state index contributed by atoms with van der Waals surface area (Å²) in [5.74, 6) is -0.464. The summed E-state index contributed by atoms with van der Waals surface area (Å²) >= 11 is 1.42. The number of carbonyl (C=O) groups is 3. The standard InChI is InChI=1S/C21H23N3O5S/c1-2-28-20(26)16-13-29-21(27)24(16)14-8-11-23(12-9-14)19(25)18-7-6-17(30-18)15-5-3-4-10-22-15/h3-7,10,14,16H,2,8-9,11-13H2,1H3. The number of nitrogens with zero attached hydrogens (tertiary/aromatic N) is 3. The lowest BCUT2D eigenvalue weighted by molar-refractivity contribution is -0.148. The van der Waals surface area contributed by atoms with Crippen LogP contribution in [0, 0.1) is 0 Å². The predicted molar refractivity (Wildman–Crippen MR) is 110 cm³/mol. The van der Waals surface area contributed by atoms with E-state index < -0.39 is 18.1 Å². The van der Waals surface area contributed by atoms with Gasteiger partial charge in [-0.2, -0.15) is 0 Å². The zero-order valence-corrected chi connectivity index (χ0v) is 17.5. The summed E-state index contributed by atoms with van der Waals surface area (Å²) in [5, 5.41) is 0. The van der Waals surface area contributed by atoms with Gasteiger partial charge in [-0.25, -0.2) is 9.59 Å². The molecule has 4 rings (SSSR count). The van der Waals surface area contributed by atoms with E-state index in [4.69, 9.17) is 9.47 Å². The molecule has 9 heteroatoms. The molecule has 0 aliphatic carbocycles. The van der Waals surface area contributed by atoms with Crippen LogP contribution in [0.5, 0.6) is 0 Å². The van der Waals surface area contributed by atoms with Crippen molar-refractivity contribution in [2.24, 2.45) is 0 Å². The van der Waals surface area contributed by atoms with E-state index in [1.54, 1.807) is 18.0 Å². The first kappa shape index (κ1) is 20.3. The maximum Gasteiger partial charge on any atom is 0.410 e. The average molecular weight is 429 g/mol. The second-order valence-corrected chi connectivity index (χ2v) is 8.24. The maximum absolute atomic E-state index is 12.9. The Bertz CT molecular complexity index is 924. The first-order valence-electron chi connectivity index (χ1n) is 10.0. The molecule has 2 aliphatic heterocycles. The van der Waals surface area contributed by atoms with E-state index in [0.29, 0.717) is 30.8 Å². The van der Waals surface area contributed by atoms with Crippen molar-refractivity contribution in [2.45, 2.75) is 31.8 Å². The molecular weight excluding hydrogens is 406 g/mol. The fourth-order valence-electron chi connectivity index (χ4n) is 3.86. The maximum atomic E-state index is 12.9. The quantitative estimate of drug-likeness (QED) is 0.679. The van der Waals surface area contributed by atoms with Crippen LogP contribution in [-0.4, -0.2) is 71.1 Å². The number of thiophene rings is 1. The Morgan fingerprint density at radius 3 is 2.73 bits per heavy atom. The normalized spacial score (nSPS) is 19.6. The van der Waals surface area contributed by atoms with Crippen molar-refractivity contribution in [1.82, 2.24) is 14.8 Å². The smallest absolute Gasteiger partial charge is 0.410 e. The monoisotopic (exact) mass is 429 g/mol. The van der Waals surface area contributed by atoms with Crippen LogP contribution < -0.4 is 0 Å². The van der Waals surface area contributed by atoms with E-state index in [-0.39, 0.29) is 25.2 Å². The van der Waals surface area contributed by atoms with Crippen LogP contribution >= 0.6 is 11.3 Å². The molecule has 8 nitrogen and oxygen atoms in total. The molecular formula is C21H23N3O5S. The first-order chi connectivity index (χ1) is 14.6. The lowest BCUT2D eigenvalue weighted by Crippen LogP contribution is -2.52. The predicted octanol–water partition coefficient (Wildman–Crippen LogP) is 2.80. The van der Waals surface area contributed by atoms with Gasteiger partial charge in [0, 0.05) is 25.3 Å². The van der Waals surface area contributed by atoms with Gasteiger partial charge in [-0.15, -0.1) is 11.3 Å². The van der Waals surface area contributed by atoms with Gasteiger partial charge in [-0.05, 0) is 44.0 Å². The summed E-state index contributed by atoms with van der Waals surface area (Å²) in [6, 6.07) is 8.58. The van der Waals surface area contributed by atoms with Gasteiger partial charge in [0.1, 0.15) is 6.61 Å². The molecule has 2 fully saturated rings. The van der Waals surface area contributed by atoms with Crippen molar-refractivity contribution < 1.29 is 23.9 Å². The Balaban J connectivity index is 1.38. The van der Waals surface area contributed by atoms with E-state index in [9.17, 15) is 14.4 Å². The third kappa shape index (κ3) is 4.02. The average Bonchev–Trinajstić information content (AvgIpc) is 3.41. The molecule has 0 aromatic carbocycles. The molecule has 4 heterocycles. The van der Waals surface area contributed by atoms with E-state index in [1.807, 2.05) is 30.3 Å². The third-order valence-electron chi connectivity index (χ3n) is 5.35. The van der Waals surface area contributed by atoms with E-state index in [2.05, 4.69) is 4.98 Å². The van der Waals surface area contributed by atoms with Crippen LogP contribution in [0.1, 0.15) is 29.4 Å². The number of piperidine rings is 1. The summed E-state index contributed by atoms with van der Waals surface area (Å²) in [7, 11) is 0. The number of hydrogen-bond acceptors (Lipinski definition) is 7. The molecule has 0 saturated carbocycles. The van der Waals surface area contributed by atoms with Gasteiger partial charge in [0.25, 0.3) is 5.91 Å². The molecule has 0 radical (unpaired) electrons. The van der Waals surface area contributed by atoms with E-state index >= 15 is 0 Å². The van der Waals surface area contributed by atoms with Crippen LogP contribution in [0.25, 0.3) is 10.6 Å².